The minimum atomic E-state index is -3.39. The SMILES string of the molecule is COc1ccc(OCCCC(=O)O[C@H](C)C(=O)c2ccc(NS(C)(=O)=O)cc2)cc1. The quantitative estimate of drug-likeness (QED) is 0.328. The van der Waals surface area contributed by atoms with E-state index in [1.54, 1.807) is 31.4 Å². The van der Waals surface area contributed by atoms with Gasteiger partial charge in [0.15, 0.2) is 6.10 Å². The van der Waals surface area contributed by atoms with Crippen LogP contribution < -0.4 is 14.2 Å². The Morgan fingerprint density at radius 2 is 1.60 bits per heavy atom. The van der Waals surface area contributed by atoms with Crippen LogP contribution in [0.5, 0.6) is 11.5 Å². The summed E-state index contributed by atoms with van der Waals surface area (Å²) in [5, 5.41) is 0. The van der Waals surface area contributed by atoms with E-state index < -0.39 is 22.1 Å². The van der Waals surface area contributed by atoms with Gasteiger partial charge in [-0.2, -0.15) is 0 Å². The van der Waals surface area contributed by atoms with Gasteiger partial charge in [-0.15, -0.1) is 0 Å². The molecule has 0 aromatic heterocycles. The van der Waals surface area contributed by atoms with Gasteiger partial charge in [-0.3, -0.25) is 14.3 Å². The van der Waals surface area contributed by atoms with Crippen molar-refractivity contribution in [3.05, 3.63) is 54.1 Å². The van der Waals surface area contributed by atoms with E-state index in [4.69, 9.17) is 14.2 Å². The van der Waals surface area contributed by atoms with Crippen LogP contribution in [0, 0.1) is 0 Å². The second-order valence-corrected chi connectivity index (χ2v) is 8.32. The number of hydrogen-bond acceptors (Lipinski definition) is 7. The van der Waals surface area contributed by atoms with Crippen LogP contribution in [0.25, 0.3) is 0 Å². The number of esters is 1. The number of nitrogens with one attached hydrogen (secondary N) is 1. The average Bonchev–Trinajstić information content (AvgIpc) is 2.70. The van der Waals surface area contributed by atoms with Crippen molar-refractivity contribution in [3.63, 3.8) is 0 Å². The van der Waals surface area contributed by atoms with Crippen LogP contribution in [0.15, 0.2) is 48.5 Å². The Balaban J connectivity index is 1.75. The Hall–Kier alpha value is -3.07. The van der Waals surface area contributed by atoms with Gasteiger partial charge in [-0.1, -0.05) is 0 Å². The van der Waals surface area contributed by atoms with Crippen molar-refractivity contribution in [1.82, 2.24) is 0 Å². The standard InChI is InChI=1S/C21H25NO7S/c1-15(21(24)16-6-8-17(9-7-16)22-30(3,25)26)29-20(23)5-4-14-28-19-12-10-18(27-2)11-13-19/h6-13,15,22H,4-5,14H2,1-3H3/t15-/m1/s1. The van der Waals surface area contributed by atoms with E-state index in [1.165, 1.54) is 31.2 Å². The fraction of sp³-hybridized carbons (Fsp3) is 0.333. The molecule has 162 valence electrons. The zero-order chi connectivity index (χ0) is 22.1. The predicted octanol–water partition coefficient (Wildman–Crippen LogP) is 3.04. The number of Topliss-reactive ketones (excluding diaryl/α,β-unsaturated/α-hetero) is 1. The molecule has 0 aliphatic heterocycles. The summed E-state index contributed by atoms with van der Waals surface area (Å²) in [6.07, 6.45) is 0.645. The molecule has 2 aromatic rings. The number of ketones is 1. The molecular weight excluding hydrogens is 410 g/mol. The van der Waals surface area contributed by atoms with E-state index in [1.807, 2.05) is 0 Å². The third-order valence-corrected chi connectivity index (χ3v) is 4.61. The van der Waals surface area contributed by atoms with E-state index in [2.05, 4.69) is 4.72 Å². The number of anilines is 1. The molecule has 0 fully saturated rings. The number of benzene rings is 2. The summed E-state index contributed by atoms with van der Waals surface area (Å²) in [6.45, 7) is 1.83. The predicted molar refractivity (Wildman–Crippen MR) is 113 cm³/mol. The molecule has 0 spiro atoms. The maximum Gasteiger partial charge on any atom is 0.306 e. The van der Waals surface area contributed by atoms with Crippen molar-refractivity contribution in [2.75, 3.05) is 24.7 Å². The number of sulfonamides is 1. The van der Waals surface area contributed by atoms with E-state index in [9.17, 15) is 18.0 Å². The molecule has 0 aliphatic rings. The highest BCUT2D eigenvalue weighted by atomic mass is 32.2. The molecule has 2 rings (SSSR count). The molecule has 8 nitrogen and oxygen atoms in total. The fourth-order valence-electron chi connectivity index (χ4n) is 2.54. The second kappa shape index (κ2) is 10.6. The van der Waals surface area contributed by atoms with E-state index in [0.717, 1.165) is 12.0 Å². The number of carbonyl (C=O) groups is 2. The zero-order valence-corrected chi connectivity index (χ0v) is 17.9. The highest BCUT2D eigenvalue weighted by Crippen LogP contribution is 2.17. The molecule has 0 saturated heterocycles. The summed E-state index contributed by atoms with van der Waals surface area (Å²) in [7, 11) is -1.81. The third kappa shape index (κ3) is 7.75. The van der Waals surface area contributed by atoms with Gasteiger partial charge in [0.25, 0.3) is 0 Å². The van der Waals surface area contributed by atoms with Crippen LogP contribution in [0.3, 0.4) is 0 Å². The lowest BCUT2D eigenvalue weighted by Gasteiger charge is -2.13. The van der Waals surface area contributed by atoms with Gasteiger partial charge in [0.1, 0.15) is 11.5 Å². The number of ether oxygens (including phenoxy) is 3. The molecule has 0 amide bonds. The van der Waals surface area contributed by atoms with Crippen LogP contribution in [0.2, 0.25) is 0 Å². The van der Waals surface area contributed by atoms with Crippen molar-refractivity contribution in [2.24, 2.45) is 0 Å². The first kappa shape index (κ1) is 23.2. The molecule has 2 aromatic carbocycles. The zero-order valence-electron chi connectivity index (χ0n) is 17.1. The molecule has 0 heterocycles. The largest absolute Gasteiger partial charge is 0.497 e. The average molecular weight is 435 g/mol. The Morgan fingerprint density at radius 1 is 1.00 bits per heavy atom. The van der Waals surface area contributed by atoms with Crippen molar-refractivity contribution >= 4 is 27.5 Å². The first-order valence-corrected chi connectivity index (χ1v) is 11.2. The van der Waals surface area contributed by atoms with E-state index in [0.29, 0.717) is 30.0 Å². The lowest BCUT2D eigenvalue weighted by Crippen LogP contribution is -2.24. The van der Waals surface area contributed by atoms with Crippen molar-refractivity contribution in [2.45, 2.75) is 25.9 Å². The molecule has 0 unspecified atom stereocenters. The van der Waals surface area contributed by atoms with Crippen LogP contribution >= 0.6 is 0 Å². The minimum absolute atomic E-state index is 0.116. The number of carbonyl (C=O) groups excluding carboxylic acids is 2. The normalized spacial score (nSPS) is 12.0. The van der Waals surface area contributed by atoms with Gasteiger partial charge in [-0.25, -0.2) is 8.42 Å². The highest BCUT2D eigenvalue weighted by Gasteiger charge is 2.19. The van der Waals surface area contributed by atoms with E-state index in [-0.39, 0.29) is 12.2 Å². The van der Waals surface area contributed by atoms with Crippen molar-refractivity contribution < 1.29 is 32.2 Å². The van der Waals surface area contributed by atoms with Crippen LogP contribution in [0.4, 0.5) is 5.69 Å². The monoisotopic (exact) mass is 435 g/mol. The van der Waals surface area contributed by atoms with Gasteiger partial charge >= 0.3 is 5.97 Å². The van der Waals surface area contributed by atoms with Gasteiger partial charge in [0, 0.05) is 17.7 Å². The summed E-state index contributed by atoms with van der Waals surface area (Å²) < 4.78 is 40.5. The molecular formula is C21H25NO7S. The first-order valence-electron chi connectivity index (χ1n) is 9.26. The Bertz CT molecular complexity index is 954. The summed E-state index contributed by atoms with van der Waals surface area (Å²) in [5.74, 6) is 0.528. The van der Waals surface area contributed by atoms with Crippen molar-refractivity contribution in [3.8, 4) is 11.5 Å². The summed E-state index contributed by atoms with van der Waals surface area (Å²) in [4.78, 5) is 24.4. The summed E-state index contributed by atoms with van der Waals surface area (Å²) >= 11 is 0. The molecule has 9 heteroatoms. The number of hydrogen-bond donors (Lipinski definition) is 1. The Morgan fingerprint density at radius 3 is 2.17 bits per heavy atom. The highest BCUT2D eigenvalue weighted by molar-refractivity contribution is 7.92. The molecule has 0 saturated carbocycles. The first-order chi connectivity index (χ1) is 14.2. The Labute approximate surface area is 176 Å². The van der Waals surface area contributed by atoms with Crippen LogP contribution in [-0.4, -0.2) is 46.2 Å². The molecule has 30 heavy (non-hydrogen) atoms. The number of methoxy groups -OCH3 is 1. The lowest BCUT2D eigenvalue weighted by molar-refractivity contribution is -0.146. The molecule has 0 radical (unpaired) electrons. The van der Waals surface area contributed by atoms with Crippen molar-refractivity contribution in [1.29, 1.82) is 0 Å². The molecule has 0 bridgehead atoms. The van der Waals surface area contributed by atoms with Gasteiger partial charge in [0.2, 0.25) is 15.8 Å². The van der Waals surface area contributed by atoms with E-state index >= 15 is 0 Å². The fourth-order valence-corrected chi connectivity index (χ4v) is 3.10. The molecule has 1 N–H and O–H groups in total. The topological polar surface area (TPSA) is 108 Å². The smallest absolute Gasteiger partial charge is 0.306 e. The summed E-state index contributed by atoms with van der Waals surface area (Å²) in [6, 6.07) is 13.0. The Kier molecular flexibility index (Phi) is 8.23. The number of rotatable bonds is 11. The molecule has 1 atom stereocenters. The van der Waals surface area contributed by atoms with Gasteiger partial charge < -0.3 is 14.2 Å². The third-order valence-electron chi connectivity index (χ3n) is 4.00. The summed E-state index contributed by atoms with van der Waals surface area (Å²) in [5.41, 5.74) is 0.660. The lowest BCUT2D eigenvalue weighted by atomic mass is 10.1. The van der Waals surface area contributed by atoms with Gasteiger partial charge in [0.05, 0.1) is 20.0 Å². The van der Waals surface area contributed by atoms with Crippen LogP contribution in [-0.2, 0) is 19.6 Å². The molecule has 0 aliphatic carbocycles. The van der Waals surface area contributed by atoms with Gasteiger partial charge in [-0.05, 0) is 61.9 Å². The maximum atomic E-state index is 12.4. The van der Waals surface area contributed by atoms with Crippen LogP contribution in [0.1, 0.15) is 30.1 Å². The maximum absolute atomic E-state index is 12.4. The second-order valence-electron chi connectivity index (χ2n) is 6.58. The minimum Gasteiger partial charge on any atom is -0.497 e.